The average molecular weight is 484 g/mol. The van der Waals surface area contributed by atoms with Crippen LogP contribution in [-0.4, -0.2) is 38.6 Å². The summed E-state index contributed by atoms with van der Waals surface area (Å²) in [6.07, 6.45) is 1.73. The Labute approximate surface area is 208 Å². The summed E-state index contributed by atoms with van der Waals surface area (Å²) in [6, 6.07) is 16.0. The van der Waals surface area contributed by atoms with Crippen molar-refractivity contribution in [2.24, 2.45) is 10.1 Å². The van der Waals surface area contributed by atoms with Crippen LogP contribution in [0.1, 0.15) is 33.6 Å². The van der Waals surface area contributed by atoms with Gasteiger partial charge in [0.2, 0.25) is 5.17 Å². The van der Waals surface area contributed by atoms with E-state index in [2.05, 4.69) is 20.7 Å². The first-order chi connectivity index (χ1) is 16.8. The number of aryl methyl sites for hydroxylation is 3. The number of carbonyl (C=O) groups is 1. The predicted octanol–water partition coefficient (Wildman–Crippen LogP) is 5.39. The number of methoxy groups -OCH3 is 1. The topological polar surface area (TPSA) is 83.0 Å². The number of benzene rings is 2. The van der Waals surface area contributed by atoms with E-state index in [1.165, 1.54) is 16.8 Å². The molecule has 0 saturated heterocycles. The van der Waals surface area contributed by atoms with Crippen LogP contribution in [0.3, 0.4) is 0 Å². The zero-order chi connectivity index (χ0) is 24.9. The highest BCUT2D eigenvalue weighted by Crippen LogP contribution is 2.33. The van der Waals surface area contributed by atoms with Crippen molar-refractivity contribution in [3.8, 4) is 11.4 Å². The molecule has 0 saturated carbocycles. The van der Waals surface area contributed by atoms with Crippen molar-refractivity contribution >= 4 is 39.8 Å². The first-order valence-corrected chi connectivity index (χ1v) is 12.0. The molecule has 1 amide bonds. The normalized spacial score (nSPS) is 16.5. The molecule has 3 aromatic rings. The van der Waals surface area contributed by atoms with Crippen LogP contribution in [0.5, 0.6) is 5.75 Å². The highest BCUT2D eigenvalue weighted by atomic mass is 32.2. The molecule has 0 bridgehead atoms. The van der Waals surface area contributed by atoms with Gasteiger partial charge >= 0.3 is 0 Å². The molecule has 2 aliphatic heterocycles. The molecule has 1 N–H and O–H groups in total. The van der Waals surface area contributed by atoms with Crippen LogP contribution in [0.15, 0.2) is 64.2 Å². The van der Waals surface area contributed by atoms with Gasteiger partial charge < -0.3 is 9.30 Å². The lowest BCUT2D eigenvalue weighted by Crippen LogP contribution is -2.35. The minimum atomic E-state index is -0.438. The third-order valence-corrected chi connectivity index (χ3v) is 7.02. The van der Waals surface area contributed by atoms with Crippen molar-refractivity contribution in [2.45, 2.75) is 27.7 Å². The van der Waals surface area contributed by atoms with Crippen molar-refractivity contribution in [3.05, 3.63) is 87.7 Å². The molecule has 176 valence electrons. The van der Waals surface area contributed by atoms with E-state index in [1.54, 1.807) is 13.2 Å². The molecule has 0 radical (unpaired) electrons. The number of hydrogen-bond donors (Lipinski definition) is 1. The molecular formula is C27H25N5O2S. The Hall–Kier alpha value is -3.91. The molecule has 0 unspecified atom stereocenters. The number of fused-ring (bicyclic) bond motifs is 1. The Morgan fingerprint density at radius 2 is 1.80 bits per heavy atom. The van der Waals surface area contributed by atoms with Crippen LogP contribution in [-0.2, 0) is 4.79 Å². The largest absolute Gasteiger partial charge is 0.495 e. The van der Waals surface area contributed by atoms with Crippen molar-refractivity contribution < 1.29 is 9.53 Å². The second-order valence-electron chi connectivity index (χ2n) is 8.63. The maximum absolute atomic E-state index is 13.0. The fourth-order valence-corrected chi connectivity index (χ4v) is 5.21. The molecule has 5 rings (SSSR count). The summed E-state index contributed by atoms with van der Waals surface area (Å²) in [5, 5.41) is 15.9. The maximum atomic E-state index is 13.0. The zero-order valence-corrected chi connectivity index (χ0v) is 21.0. The lowest BCUT2D eigenvalue weighted by Gasteiger charge is -2.20. The number of nitrogens with one attached hydrogen (secondary N) is 1. The number of nitrogens with zero attached hydrogens (tertiary/aromatic N) is 4. The van der Waals surface area contributed by atoms with Crippen LogP contribution in [0, 0.1) is 33.1 Å². The Balaban J connectivity index is 1.53. The molecule has 0 spiro atoms. The maximum Gasteiger partial charge on any atom is 0.283 e. The molecule has 1 aromatic heterocycles. The molecule has 2 aromatic carbocycles. The Kier molecular flexibility index (Phi) is 5.68. The third-order valence-electron chi connectivity index (χ3n) is 6.06. The number of ether oxygens (including phenoxy) is 1. The number of amides is 1. The van der Waals surface area contributed by atoms with E-state index in [0.29, 0.717) is 5.17 Å². The van der Waals surface area contributed by atoms with Gasteiger partial charge in [-0.1, -0.05) is 29.8 Å². The average Bonchev–Trinajstić information content (AvgIpc) is 3.37. The van der Waals surface area contributed by atoms with E-state index >= 15 is 0 Å². The molecule has 7 nitrogen and oxygen atoms in total. The molecular weight excluding hydrogens is 458 g/mol. The summed E-state index contributed by atoms with van der Waals surface area (Å²) in [4.78, 5) is 17.2. The van der Waals surface area contributed by atoms with E-state index < -0.39 is 5.91 Å². The molecule has 0 atom stereocenters. The minimum Gasteiger partial charge on any atom is -0.495 e. The van der Waals surface area contributed by atoms with Gasteiger partial charge in [-0.05, 0) is 80.9 Å². The monoisotopic (exact) mass is 483 g/mol. The predicted molar refractivity (Wildman–Crippen MR) is 142 cm³/mol. The Morgan fingerprint density at radius 3 is 2.54 bits per heavy atom. The van der Waals surface area contributed by atoms with Crippen LogP contribution < -0.4 is 4.74 Å². The Bertz CT molecular complexity index is 1500. The smallest absolute Gasteiger partial charge is 0.283 e. The van der Waals surface area contributed by atoms with Gasteiger partial charge in [0.1, 0.15) is 10.8 Å². The molecule has 2 aliphatic rings. The number of amidine groups is 2. The fourth-order valence-electron chi connectivity index (χ4n) is 4.32. The summed E-state index contributed by atoms with van der Waals surface area (Å²) in [5.74, 6) is 0.347. The van der Waals surface area contributed by atoms with Gasteiger partial charge in [-0.25, -0.2) is 0 Å². The number of aromatic nitrogens is 1. The van der Waals surface area contributed by atoms with Gasteiger partial charge in [-0.15, -0.1) is 0 Å². The third kappa shape index (κ3) is 4.00. The van der Waals surface area contributed by atoms with Gasteiger partial charge in [-0.3, -0.25) is 10.2 Å². The summed E-state index contributed by atoms with van der Waals surface area (Å²) in [7, 11) is 1.66. The number of hydrazone groups is 1. The molecule has 0 aliphatic carbocycles. The number of carbonyl (C=O) groups excluding carboxylic acids is 1. The van der Waals surface area contributed by atoms with E-state index in [9.17, 15) is 4.79 Å². The van der Waals surface area contributed by atoms with Crippen molar-refractivity contribution in [1.29, 1.82) is 5.41 Å². The number of hydrogen-bond acceptors (Lipinski definition) is 5. The molecule has 35 heavy (non-hydrogen) atoms. The fraction of sp³-hybridized carbons (Fsp3) is 0.185. The molecule has 3 heterocycles. The van der Waals surface area contributed by atoms with Gasteiger partial charge in [0, 0.05) is 17.0 Å². The second-order valence-corrected chi connectivity index (χ2v) is 9.59. The van der Waals surface area contributed by atoms with Gasteiger partial charge in [0.25, 0.3) is 5.91 Å². The van der Waals surface area contributed by atoms with Crippen LogP contribution in [0.25, 0.3) is 11.8 Å². The lowest BCUT2D eigenvalue weighted by atomic mass is 10.1. The first-order valence-electron chi connectivity index (χ1n) is 11.2. The SMILES string of the molecule is COc1ccc(C)cc1-n1c(C)cc(/C=C2\C(=N)N3N=C(c4cccc(C)c4)SC3=NC2=O)c1C. The Morgan fingerprint density at radius 1 is 1.03 bits per heavy atom. The summed E-state index contributed by atoms with van der Waals surface area (Å²) >= 11 is 1.30. The number of aliphatic imine (C=N–C) groups is 1. The van der Waals surface area contributed by atoms with Gasteiger partial charge in [0.05, 0.1) is 18.4 Å². The van der Waals surface area contributed by atoms with E-state index in [4.69, 9.17) is 10.1 Å². The van der Waals surface area contributed by atoms with E-state index in [1.807, 2.05) is 70.2 Å². The van der Waals surface area contributed by atoms with E-state index in [-0.39, 0.29) is 11.4 Å². The van der Waals surface area contributed by atoms with Crippen molar-refractivity contribution in [1.82, 2.24) is 9.58 Å². The highest BCUT2D eigenvalue weighted by molar-refractivity contribution is 8.27. The van der Waals surface area contributed by atoms with Crippen LogP contribution in [0.2, 0.25) is 0 Å². The summed E-state index contributed by atoms with van der Waals surface area (Å²) in [6.45, 7) is 8.06. The van der Waals surface area contributed by atoms with E-state index in [0.717, 1.165) is 50.1 Å². The quantitative estimate of drug-likeness (QED) is 0.505. The molecule has 8 heteroatoms. The van der Waals surface area contributed by atoms with Gasteiger partial charge in [0.15, 0.2) is 5.84 Å². The van der Waals surface area contributed by atoms with Crippen molar-refractivity contribution in [2.75, 3.05) is 7.11 Å². The first kappa shape index (κ1) is 22.9. The number of thioether (sulfide) groups is 1. The van der Waals surface area contributed by atoms with Crippen molar-refractivity contribution in [3.63, 3.8) is 0 Å². The summed E-state index contributed by atoms with van der Waals surface area (Å²) in [5.41, 5.74) is 7.09. The molecule has 0 fully saturated rings. The standard InChI is InChI=1S/C27H25N5O2S/c1-15-7-6-8-19(11-15)26-30-32-24(28)21(25(33)29-27(32)35-26)14-20-13-17(3)31(18(20)4)22-12-16(2)9-10-23(22)34-5/h6-14,28H,1-5H3/b21-14+,28-24?. The second kappa shape index (κ2) is 8.70. The zero-order valence-electron chi connectivity index (χ0n) is 20.2. The van der Waals surface area contributed by atoms with Crippen LogP contribution in [0.4, 0.5) is 0 Å². The van der Waals surface area contributed by atoms with Crippen LogP contribution >= 0.6 is 11.8 Å². The number of rotatable bonds is 4. The van der Waals surface area contributed by atoms with Gasteiger partial charge in [-0.2, -0.15) is 15.1 Å². The minimum absolute atomic E-state index is 0.0214. The summed E-state index contributed by atoms with van der Waals surface area (Å²) < 4.78 is 7.69. The highest BCUT2D eigenvalue weighted by Gasteiger charge is 2.36. The lowest BCUT2D eigenvalue weighted by molar-refractivity contribution is -0.114.